The molecular formula is C21H23N9O4S2. The molecule has 4 rings (SSSR count). The number of rotatable bonds is 8. The number of aromatic nitrogens is 3. The maximum absolute atomic E-state index is 12.6. The third-order valence-corrected chi connectivity index (χ3v) is 6.10. The van der Waals surface area contributed by atoms with Gasteiger partial charge in [-0.1, -0.05) is 12.1 Å². The van der Waals surface area contributed by atoms with Crippen LogP contribution in [0.25, 0.3) is 0 Å². The van der Waals surface area contributed by atoms with Gasteiger partial charge in [-0.05, 0) is 36.2 Å². The Hall–Kier alpha value is -3.95. The summed E-state index contributed by atoms with van der Waals surface area (Å²) in [5.41, 5.74) is 0.104. The maximum Gasteiger partial charge on any atom is 0.326 e. The summed E-state index contributed by atoms with van der Waals surface area (Å²) in [6.45, 7) is 2.82. The second kappa shape index (κ2) is 12.1. The Balaban J connectivity index is 1.44. The van der Waals surface area contributed by atoms with Crippen LogP contribution in [-0.2, 0) is 11.2 Å². The Labute approximate surface area is 215 Å². The molecule has 0 spiro atoms. The van der Waals surface area contributed by atoms with E-state index >= 15 is 0 Å². The lowest BCUT2D eigenvalue weighted by molar-refractivity contribution is -0.384. The van der Waals surface area contributed by atoms with E-state index in [4.69, 9.17) is 17.0 Å². The standard InChI is InChI=1S/C21H23N9O4S2/c31-20(23-14-3-1-4-15(13-14)30(32)33)27-17-24-18(26-19(25-17)29-8-10-34-11-9-29)28-21(35)22-7-6-16-5-2-12-36-16/h1-5,12-13H,6-11H2,(H4,22,23,24,25,26,27,28,31,35). The van der Waals surface area contributed by atoms with E-state index in [1.54, 1.807) is 11.3 Å². The van der Waals surface area contributed by atoms with Crippen molar-refractivity contribution in [1.29, 1.82) is 0 Å². The molecule has 0 bridgehead atoms. The molecule has 13 nitrogen and oxygen atoms in total. The summed E-state index contributed by atoms with van der Waals surface area (Å²) in [6.07, 6.45) is 0.820. The number of nitrogens with one attached hydrogen (secondary N) is 4. The molecule has 0 unspecified atom stereocenters. The molecule has 3 aromatic rings. The van der Waals surface area contributed by atoms with Crippen LogP contribution in [0.4, 0.5) is 34.0 Å². The third-order valence-electron chi connectivity index (χ3n) is 4.92. The molecule has 1 aliphatic rings. The van der Waals surface area contributed by atoms with Gasteiger partial charge in [0.05, 0.1) is 18.1 Å². The van der Waals surface area contributed by atoms with Crippen molar-refractivity contribution in [2.75, 3.05) is 53.7 Å². The lowest BCUT2D eigenvalue weighted by Gasteiger charge is -2.27. The highest BCUT2D eigenvalue weighted by molar-refractivity contribution is 7.80. The van der Waals surface area contributed by atoms with Crippen molar-refractivity contribution in [2.45, 2.75) is 6.42 Å². The zero-order valence-electron chi connectivity index (χ0n) is 19.0. The van der Waals surface area contributed by atoms with Gasteiger partial charge in [-0.3, -0.25) is 15.4 Å². The monoisotopic (exact) mass is 529 g/mol. The minimum absolute atomic E-state index is 0.0155. The fourth-order valence-corrected chi connectivity index (χ4v) is 4.14. The second-order valence-corrected chi connectivity index (χ2v) is 8.92. The minimum Gasteiger partial charge on any atom is -0.378 e. The van der Waals surface area contributed by atoms with Crippen molar-refractivity contribution < 1.29 is 14.5 Å². The van der Waals surface area contributed by atoms with Crippen molar-refractivity contribution in [2.24, 2.45) is 0 Å². The molecule has 15 heteroatoms. The predicted molar refractivity (Wildman–Crippen MR) is 141 cm³/mol. The molecular weight excluding hydrogens is 506 g/mol. The quantitative estimate of drug-likeness (QED) is 0.193. The number of hydrogen-bond donors (Lipinski definition) is 4. The molecule has 2 aromatic heterocycles. The van der Waals surface area contributed by atoms with Crippen molar-refractivity contribution in [3.63, 3.8) is 0 Å². The number of carbonyl (C=O) groups is 1. The van der Waals surface area contributed by atoms with E-state index in [1.165, 1.54) is 29.1 Å². The summed E-state index contributed by atoms with van der Waals surface area (Å²) in [5, 5.41) is 24.5. The van der Waals surface area contributed by atoms with Gasteiger partial charge in [0.2, 0.25) is 17.8 Å². The normalized spacial score (nSPS) is 13.1. The Morgan fingerprint density at radius 2 is 1.89 bits per heavy atom. The summed E-state index contributed by atoms with van der Waals surface area (Å²) in [6, 6.07) is 8.97. The zero-order chi connectivity index (χ0) is 25.3. The third kappa shape index (κ3) is 7.27. The van der Waals surface area contributed by atoms with Crippen molar-refractivity contribution >= 4 is 63.9 Å². The van der Waals surface area contributed by atoms with Crippen LogP contribution in [0, 0.1) is 10.1 Å². The molecule has 0 radical (unpaired) electrons. The molecule has 1 aromatic carbocycles. The van der Waals surface area contributed by atoms with E-state index in [0.717, 1.165) is 6.42 Å². The topological polar surface area (TPSA) is 159 Å². The van der Waals surface area contributed by atoms with E-state index in [2.05, 4.69) is 42.3 Å². The van der Waals surface area contributed by atoms with Crippen LogP contribution >= 0.6 is 23.6 Å². The first kappa shape index (κ1) is 25.2. The van der Waals surface area contributed by atoms with Gasteiger partial charge in [0.1, 0.15) is 0 Å². The Morgan fingerprint density at radius 1 is 1.11 bits per heavy atom. The number of ether oxygens (including phenoxy) is 1. The number of hydrogen-bond acceptors (Lipinski definition) is 10. The Morgan fingerprint density at radius 3 is 2.61 bits per heavy atom. The first-order valence-electron chi connectivity index (χ1n) is 10.9. The zero-order valence-corrected chi connectivity index (χ0v) is 20.6. The number of thiocarbonyl (C=S) groups is 1. The van der Waals surface area contributed by atoms with Crippen LogP contribution in [0.15, 0.2) is 41.8 Å². The predicted octanol–water partition coefficient (Wildman–Crippen LogP) is 2.85. The SMILES string of the molecule is O=C(Nc1cccc([N+](=O)[O-])c1)Nc1nc(NC(=S)NCCc2cccs2)nc(N2CCOCC2)n1. The number of nitro groups is 1. The Bertz CT molecular complexity index is 1220. The summed E-state index contributed by atoms with van der Waals surface area (Å²) >= 11 is 7.05. The maximum atomic E-state index is 12.6. The highest BCUT2D eigenvalue weighted by atomic mass is 32.1. The minimum atomic E-state index is -0.669. The number of benzene rings is 1. The van der Waals surface area contributed by atoms with Gasteiger partial charge in [-0.2, -0.15) is 15.0 Å². The van der Waals surface area contributed by atoms with E-state index in [0.29, 0.717) is 43.9 Å². The van der Waals surface area contributed by atoms with Gasteiger partial charge in [-0.15, -0.1) is 11.3 Å². The fourth-order valence-electron chi connectivity index (χ4n) is 3.24. The van der Waals surface area contributed by atoms with Crippen LogP contribution < -0.4 is 26.2 Å². The highest BCUT2D eigenvalue weighted by Crippen LogP contribution is 2.18. The van der Waals surface area contributed by atoms with Crippen LogP contribution in [0.1, 0.15) is 4.88 Å². The molecule has 1 fully saturated rings. The van der Waals surface area contributed by atoms with Crippen LogP contribution in [0.3, 0.4) is 0 Å². The molecule has 0 aliphatic carbocycles. The number of nitrogens with zero attached hydrogens (tertiary/aromatic N) is 5. The lowest BCUT2D eigenvalue weighted by Crippen LogP contribution is -2.38. The van der Waals surface area contributed by atoms with E-state index < -0.39 is 11.0 Å². The fraction of sp³-hybridized carbons (Fsp3) is 0.286. The van der Waals surface area contributed by atoms with Gasteiger partial charge in [0.15, 0.2) is 5.11 Å². The molecule has 1 aliphatic heterocycles. The van der Waals surface area contributed by atoms with Crippen molar-refractivity contribution in [3.8, 4) is 0 Å². The molecule has 4 N–H and O–H groups in total. The van der Waals surface area contributed by atoms with Gasteiger partial charge >= 0.3 is 6.03 Å². The first-order chi connectivity index (χ1) is 17.5. The van der Waals surface area contributed by atoms with Gasteiger partial charge < -0.3 is 25.6 Å². The average molecular weight is 530 g/mol. The molecule has 36 heavy (non-hydrogen) atoms. The second-order valence-electron chi connectivity index (χ2n) is 7.48. The number of morpholine rings is 1. The summed E-state index contributed by atoms with van der Waals surface area (Å²) in [4.78, 5) is 39.2. The first-order valence-corrected chi connectivity index (χ1v) is 12.2. The number of amides is 2. The Kier molecular flexibility index (Phi) is 8.48. The van der Waals surface area contributed by atoms with Crippen LogP contribution in [0.2, 0.25) is 0 Å². The number of thiophene rings is 1. The average Bonchev–Trinajstić information content (AvgIpc) is 3.38. The number of non-ortho nitro benzene ring substituents is 1. The molecule has 3 heterocycles. The number of carbonyl (C=O) groups excluding carboxylic acids is 1. The van der Waals surface area contributed by atoms with E-state index in [9.17, 15) is 14.9 Å². The van der Waals surface area contributed by atoms with Crippen molar-refractivity contribution in [1.82, 2.24) is 20.3 Å². The molecule has 0 saturated carbocycles. The van der Waals surface area contributed by atoms with E-state index in [1.807, 2.05) is 16.3 Å². The van der Waals surface area contributed by atoms with Crippen LogP contribution in [-0.4, -0.2) is 63.9 Å². The number of urea groups is 1. The largest absolute Gasteiger partial charge is 0.378 e. The summed E-state index contributed by atoms with van der Waals surface area (Å²) in [7, 11) is 0. The molecule has 188 valence electrons. The van der Waals surface area contributed by atoms with Crippen molar-refractivity contribution in [3.05, 3.63) is 56.8 Å². The van der Waals surface area contributed by atoms with Gasteiger partial charge in [0.25, 0.3) is 5.69 Å². The number of nitro benzene ring substituents is 1. The highest BCUT2D eigenvalue weighted by Gasteiger charge is 2.18. The van der Waals surface area contributed by atoms with Gasteiger partial charge in [0, 0.05) is 42.3 Å². The number of anilines is 4. The molecule has 1 saturated heterocycles. The summed E-state index contributed by atoms with van der Waals surface area (Å²) < 4.78 is 5.39. The molecule has 0 atom stereocenters. The van der Waals surface area contributed by atoms with Gasteiger partial charge in [-0.25, -0.2) is 4.79 Å². The smallest absolute Gasteiger partial charge is 0.326 e. The summed E-state index contributed by atoms with van der Waals surface area (Å²) in [5.74, 6) is 0.493. The molecule has 2 amide bonds. The van der Waals surface area contributed by atoms with Crippen LogP contribution in [0.5, 0.6) is 0 Å². The van der Waals surface area contributed by atoms with E-state index in [-0.39, 0.29) is 23.3 Å². The lowest BCUT2D eigenvalue weighted by atomic mass is 10.3.